The lowest BCUT2D eigenvalue weighted by atomic mass is 10.4. The van der Waals surface area contributed by atoms with Crippen LogP contribution in [0.15, 0.2) is 0 Å². The van der Waals surface area contributed by atoms with Crippen LogP contribution in [-0.4, -0.2) is 51.6 Å². The minimum absolute atomic E-state index is 0.262. The van der Waals surface area contributed by atoms with Crippen molar-refractivity contribution in [1.29, 1.82) is 0 Å². The van der Waals surface area contributed by atoms with E-state index in [0.717, 1.165) is 0 Å². The molecule has 0 bridgehead atoms. The predicted octanol–water partition coefficient (Wildman–Crippen LogP) is 3.45. The van der Waals surface area contributed by atoms with Gasteiger partial charge in [-0.25, -0.2) is 8.42 Å². The van der Waals surface area contributed by atoms with Crippen LogP contribution in [0.25, 0.3) is 0 Å². The van der Waals surface area contributed by atoms with E-state index in [9.17, 15) is 21.6 Å². The summed E-state index contributed by atoms with van der Waals surface area (Å²) in [5, 5.41) is 0.691. The number of hydrogen-bond donors (Lipinski definition) is 0. The van der Waals surface area contributed by atoms with Gasteiger partial charge in [-0.05, 0) is 0 Å². The van der Waals surface area contributed by atoms with Crippen LogP contribution in [-0.2, 0) is 10.0 Å². The van der Waals surface area contributed by atoms with E-state index in [1.807, 2.05) is 0 Å². The summed E-state index contributed by atoms with van der Waals surface area (Å²) in [5.74, 6) is 0. The highest BCUT2D eigenvalue weighted by atomic mass is 79.9. The van der Waals surface area contributed by atoms with Gasteiger partial charge in [-0.1, -0.05) is 63.7 Å². The van der Waals surface area contributed by atoms with E-state index in [2.05, 4.69) is 63.7 Å². The lowest BCUT2D eigenvalue weighted by Crippen LogP contribution is -2.46. The molecule has 11 heteroatoms. The summed E-state index contributed by atoms with van der Waals surface area (Å²) in [6.45, 7) is -0.523. The Morgan fingerprint density at radius 2 is 1.33 bits per heavy atom. The van der Waals surface area contributed by atoms with Crippen LogP contribution in [0.3, 0.4) is 0 Å². The number of hydrogen-bond acceptors (Lipinski definition) is 2. The van der Waals surface area contributed by atoms with Gasteiger partial charge in [-0.2, -0.15) is 17.5 Å². The average molecular weight is 549 g/mol. The molecule has 0 aromatic rings. The quantitative estimate of drug-likeness (QED) is 0.457. The fourth-order valence-electron chi connectivity index (χ4n) is 0.957. The zero-order valence-corrected chi connectivity index (χ0v) is 16.0. The second-order valence-electron chi connectivity index (χ2n) is 3.27. The Morgan fingerprint density at radius 1 is 1.00 bits per heavy atom. The molecule has 0 heterocycles. The van der Waals surface area contributed by atoms with Gasteiger partial charge in [-0.3, -0.25) is 0 Å². The van der Waals surface area contributed by atoms with E-state index in [-0.39, 0.29) is 13.1 Å². The zero-order valence-electron chi connectivity index (χ0n) is 8.80. The molecule has 0 amide bonds. The van der Waals surface area contributed by atoms with Crippen LogP contribution >= 0.6 is 63.7 Å². The molecule has 0 saturated carbocycles. The average Bonchev–Trinajstić information content (AvgIpc) is 2.25. The number of halogens is 7. The molecule has 0 N–H and O–H groups in total. The molecule has 0 aliphatic carbocycles. The fourth-order valence-corrected chi connectivity index (χ4v) is 3.49. The fraction of sp³-hybridized carbons (Fsp3) is 1.00. The lowest BCUT2D eigenvalue weighted by molar-refractivity contribution is -0.0488. The maximum absolute atomic E-state index is 12.5. The zero-order chi connectivity index (χ0) is 14.6. The molecule has 3 nitrogen and oxygen atoms in total. The van der Waals surface area contributed by atoms with Crippen LogP contribution in [0.2, 0.25) is 0 Å². The smallest absolute Gasteiger partial charge is 0.203 e. The molecule has 2 unspecified atom stereocenters. The molecule has 0 aromatic heterocycles. The van der Waals surface area contributed by atoms with E-state index in [4.69, 9.17) is 0 Å². The lowest BCUT2D eigenvalue weighted by Gasteiger charge is -2.26. The predicted molar refractivity (Wildman–Crippen MR) is 79.6 cm³/mol. The molecule has 0 saturated heterocycles. The first-order valence-corrected chi connectivity index (χ1v) is 10.0. The number of alkyl halides is 7. The highest BCUT2D eigenvalue weighted by Gasteiger charge is 2.50. The van der Waals surface area contributed by atoms with E-state index < -0.39 is 25.2 Å². The summed E-state index contributed by atoms with van der Waals surface area (Å²) in [6.07, 6.45) is 0. The van der Waals surface area contributed by atoms with Gasteiger partial charge in [0.05, 0.1) is 0 Å². The first-order chi connectivity index (χ1) is 8.06. The van der Waals surface area contributed by atoms with Crippen molar-refractivity contribution in [2.24, 2.45) is 0 Å². The molecule has 0 aromatic carbocycles. The van der Waals surface area contributed by atoms with Gasteiger partial charge in [-0.15, -0.1) is 0 Å². The largest absolute Gasteiger partial charge is 0.511 e. The molecular weight excluding hydrogens is 539 g/mol. The van der Waals surface area contributed by atoms with Crippen molar-refractivity contribution in [3.63, 3.8) is 0 Å². The first kappa shape index (κ1) is 19.6. The summed E-state index contributed by atoms with van der Waals surface area (Å²) in [6, 6.07) is 0. The third-order valence-electron chi connectivity index (χ3n) is 1.77. The van der Waals surface area contributed by atoms with E-state index >= 15 is 0 Å². The maximum Gasteiger partial charge on any atom is 0.511 e. The summed E-state index contributed by atoms with van der Waals surface area (Å²) < 4.78 is 60.7. The summed E-state index contributed by atoms with van der Waals surface area (Å²) in [7, 11) is -5.32. The molecule has 0 rings (SSSR count). The van der Waals surface area contributed by atoms with Crippen molar-refractivity contribution < 1.29 is 21.6 Å². The second-order valence-corrected chi connectivity index (χ2v) is 9.09. The second kappa shape index (κ2) is 8.16. The Hall–Kier alpha value is 1.62. The maximum atomic E-state index is 12.5. The molecule has 110 valence electrons. The van der Waals surface area contributed by atoms with Crippen molar-refractivity contribution in [1.82, 2.24) is 4.31 Å². The standard InChI is InChI=1S/C7H10Br4F3NO2S/c8-1-5(10)3-15(4-6(11)2-9)18(16,17)7(12,13)14/h5-6H,1-4H2. The van der Waals surface area contributed by atoms with E-state index in [0.29, 0.717) is 15.0 Å². The van der Waals surface area contributed by atoms with Gasteiger partial charge in [0.1, 0.15) is 0 Å². The van der Waals surface area contributed by atoms with Gasteiger partial charge >= 0.3 is 15.5 Å². The summed E-state index contributed by atoms with van der Waals surface area (Å²) >= 11 is 12.3. The Kier molecular flexibility index (Phi) is 8.89. The topological polar surface area (TPSA) is 37.4 Å². The Bertz CT molecular complexity index is 339. The van der Waals surface area contributed by atoms with Crippen LogP contribution in [0, 0.1) is 0 Å². The molecule has 2 atom stereocenters. The third-order valence-corrected chi connectivity index (χ3v) is 7.86. The minimum Gasteiger partial charge on any atom is -0.203 e. The van der Waals surface area contributed by atoms with Crippen molar-refractivity contribution in [3.05, 3.63) is 0 Å². The molecule has 0 aliphatic heterocycles. The van der Waals surface area contributed by atoms with Gasteiger partial charge in [0.2, 0.25) is 0 Å². The highest BCUT2D eigenvalue weighted by molar-refractivity contribution is 9.12. The van der Waals surface area contributed by atoms with Crippen molar-refractivity contribution in [3.8, 4) is 0 Å². The van der Waals surface area contributed by atoms with Gasteiger partial charge < -0.3 is 0 Å². The van der Waals surface area contributed by atoms with E-state index in [1.165, 1.54) is 0 Å². The molecular formula is C7H10Br4F3NO2S. The SMILES string of the molecule is O=S(=O)(N(CC(Br)CBr)CC(Br)CBr)C(F)(F)F. The van der Waals surface area contributed by atoms with Gasteiger partial charge in [0, 0.05) is 33.4 Å². The van der Waals surface area contributed by atoms with Crippen LogP contribution in [0.1, 0.15) is 0 Å². The van der Waals surface area contributed by atoms with Crippen LogP contribution < -0.4 is 0 Å². The van der Waals surface area contributed by atoms with E-state index in [1.54, 1.807) is 0 Å². The van der Waals surface area contributed by atoms with Crippen molar-refractivity contribution in [2.75, 3.05) is 23.7 Å². The van der Waals surface area contributed by atoms with Crippen LogP contribution in [0.4, 0.5) is 13.2 Å². The Labute approximate surface area is 137 Å². The minimum atomic E-state index is -5.32. The number of nitrogens with zero attached hydrogens (tertiary/aromatic N) is 1. The molecule has 0 spiro atoms. The van der Waals surface area contributed by atoms with Gasteiger partial charge in [0.25, 0.3) is 0 Å². The molecule has 18 heavy (non-hydrogen) atoms. The molecule has 0 fully saturated rings. The first-order valence-electron chi connectivity index (χ1n) is 4.52. The molecule has 0 aliphatic rings. The van der Waals surface area contributed by atoms with Crippen molar-refractivity contribution in [2.45, 2.75) is 15.2 Å². The monoisotopic (exact) mass is 545 g/mol. The Balaban J connectivity index is 5.09. The molecule has 0 radical (unpaired) electrons. The highest BCUT2D eigenvalue weighted by Crippen LogP contribution is 2.28. The Morgan fingerprint density at radius 3 is 1.56 bits per heavy atom. The normalized spacial score (nSPS) is 16.9. The summed E-state index contributed by atoms with van der Waals surface area (Å²) in [4.78, 5) is -0.797. The van der Waals surface area contributed by atoms with Gasteiger partial charge in [0.15, 0.2) is 0 Å². The number of sulfonamides is 1. The summed E-state index contributed by atoms with van der Waals surface area (Å²) in [5.41, 5.74) is -5.29. The van der Waals surface area contributed by atoms with Crippen molar-refractivity contribution >= 4 is 73.7 Å². The number of rotatable bonds is 7. The van der Waals surface area contributed by atoms with Crippen LogP contribution in [0.5, 0.6) is 0 Å². The third kappa shape index (κ3) is 5.94.